The van der Waals surface area contributed by atoms with Crippen LogP contribution in [0.4, 0.5) is 13.6 Å². The van der Waals surface area contributed by atoms with Crippen molar-refractivity contribution in [2.24, 2.45) is 5.73 Å². The van der Waals surface area contributed by atoms with Gasteiger partial charge < -0.3 is 25.2 Å². The van der Waals surface area contributed by atoms with Gasteiger partial charge >= 0.3 is 6.09 Å². The largest absolute Gasteiger partial charge is 0.494 e. The molecule has 188 valence electrons. The second-order valence-electron chi connectivity index (χ2n) is 8.55. The molecule has 7 nitrogen and oxygen atoms in total. The van der Waals surface area contributed by atoms with Crippen molar-refractivity contribution in [3.8, 4) is 22.6 Å². The fourth-order valence-corrected chi connectivity index (χ4v) is 5.02. The van der Waals surface area contributed by atoms with Crippen molar-refractivity contribution in [1.82, 2.24) is 4.90 Å². The molecular weight excluding hydrogens is 494 g/mol. The number of rotatable bonds is 6. The fourth-order valence-electron chi connectivity index (χ4n) is 4.77. The predicted octanol–water partition coefficient (Wildman–Crippen LogP) is 5.39. The monoisotopic (exact) mass is 516 g/mol. The van der Waals surface area contributed by atoms with E-state index in [0.29, 0.717) is 11.1 Å². The molecule has 2 amide bonds. The van der Waals surface area contributed by atoms with Crippen molar-refractivity contribution in [3.63, 3.8) is 0 Å². The molecule has 0 saturated carbocycles. The summed E-state index contributed by atoms with van der Waals surface area (Å²) >= 11 is 6.42. The van der Waals surface area contributed by atoms with Gasteiger partial charge in [0.2, 0.25) is 5.91 Å². The first-order valence-corrected chi connectivity index (χ1v) is 11.3. The lowest BCUT2D eigenvalue weighted by molar-refractivity contribution is 0.0350. The van der Waals surface area contributed by atoms with Crippen LogP contribution >= 0.6 is 11.6 Å². The Hall–Kier alpha value is -3.85. The van der Waals surface area contributed by atoms with E-state index in [-0.39, 0.29) is 34.7 Å². The minimum absolute atomic E-state index is 0.0414. The quantitative estimate of drug-likeness (QED) is 0.457. The molecule has 0 radical (unpaired) electrons. The minimum Gasteiger partial charge on any atom is -0.494 e. The third-order valence-electron chi connectivity index (χ3n) is 6.55. The molecule has 1 aliphatic rings. The van der Waals surface area contributed by atoms with Crippen LogP contribution in [0.15, 0.2) is 48.5 Å². The molecular formula is C26H23ClF2N2O5. The number of methoxy groups -OCH3 is 1. The zero-order valence-corrected chi connectivity index (χ0v) is 20.4. The molecule has 3 aromatic carbocycles. The standard InChI is InChI=1S/C26H23ClF2N2O5/c1-13-19-18(36-26(13,12-31(2)25(33)34)14-7-5-4-6-8-14)11-16(28)22(27)21(19)20-15(24(30)32)9-10-17(35-3)23(20)29/h4-11,13H,12H2,1-3H3,(H2,30,32)(H,33,34)/t13-,26-/m0/s1. The lowest BCUT2D eigenvalue weighted by Gasteiger charge is -2.36. The Balaban J connectivity index is 2.06. The first-order valence-electron chi connectivity index (χ1n) is 10.9. The van der Waals surface area contributed by atoms with Gasteiger partial charge in [-0.3, -0.25) is 4.79 Å². The molecule has 0 spiro atoms. The average molecular weight is 517 g/mol. The van der Waals surface area contributed by atoms with Gasteiger partial charge in [-0.1, -0.05) is 48.9 Å². The van der Waals surface area contributed by atoms with E-state index >= 15 is 8.78 Å². The van der Waals surface area contributed by atoms with Gasteiger partial charge in [0.05, 0.1) is 24.2 Å². The Labute approximate surface area is 211 Å². The highest BCUT2D eigenvalue weighted by atomic mass is 35.5. The van der Waals surface area contributed by atoms with Gasteiger partial charge in [-0.15, -0.1) is 0 Å². The predicted molar refractivity (Wildman–Crippen MR) is 130 cm³/mol. The van der Waals surface area contributed by atoms with E-state index in [1.54, 1.807) is 37.3 Å². The summed E-state index contributed by atoms with van der Waals surface area (Å²) in [5.41, 5.74) is 4.48. The van der Waals surface area contributed by atoms with Crippen molar-refractivity contribution >= 4 is 23.6 Å². The van der Waals surface area contributed by atoms with Crippen molar-refractivity contribution in [2.45, 2.75) is 18.4 Å². The lowest BCUT2D eigenvalue weighted by atomic mass is 9.77. The van der Waals surface area contributed by atoms with Gasteiger partial charge in [-0.25, -0.2) is 13.6 Å². The topological polar surface area (TPSA) is 102 Å². The number of likely N-dealkylation sites (N-methyl/N-ethyl adjacent to an activating group) is 1. The zero-order chi connectivity index (χ0) is 26.4. The molecule has 0 aromatic heterocycles. The lowest BCUT2D eigenvalue weighted by Crippen LogP contribution is -2.46. The molecule has 0 fully saturated rings. The van der Waals surface area contributed by atoms with E-state index in [2.05, 4.69) is 0 Å². The van der Waals surface area contributed by atoms with E-state index in [1.807, 2.05) is 0 Å². The van der Waals surface area contributed by atoms with E-state index in [4.69, 9.17) is 26.8 Å². The zero-order valence-electron chi connectivity index (χ0n) is 19.6. The van der Waals surface area contributed by atoms with Crippen LogP contribution in [0.3, 0.4) is 0 Å². The van der Waals surface area contributed by atoms with Gasteiger partial charge in [-0.05, 0) is 17.7 Å². The summed E-state index contributed by atoms with van der Waals surface area (Å²) in [6.07, 6.45) is -1.20. The van der Waals surface area contributed by atoms with Gasteiger partial charge in [0.25, 0.3) is 0 Å². The Kier molecular flexibility index (Phi) is 6.53. The van der Waals surface area contributed by atoms with Gasteiger partial charge in [-0.2, -0.15) is 0 Å². The number of fused-ring (bicyclic) bond motifs is 1. The summed E-state index contributed by atoms with van der Waals surface area (Å²) in [5.74, 6) is -3.64. The van der Waals surface area contributed by atoms with Crippen molar-refractivity contribution < 1.29 is 33.0 Å². The molecule has 3 N–H and O–H groups in total. The van der Waals surface area contributed by atoms with Crippen molar-refractivity contribution in [3.05, 3.63) is 81.9 Å². The molecule has 0 aliphatic carbocycles. The third-order valence-corrected chi connectivity index (χ3v) is 6.92. The van der Waals surface area contributed by atoms with E-state index in [1.165, 1.54) is 26.3 Å². The van der Waals surface area contributed by atoms with Gasteiger partial charge in [0, 0.05) is 35.7 Å². The maximum absolute atomic E-state index is 15.7. The molecule has 1 aliphatic heterocycles. The van der Waals surface area contributed by atoms with Crippen molar-refractivity contribution in [2.75, 3.05) is 20.7 Å². The summed E-state index contributed by atoms with van der Waals surface area (Å²) in [6, 6.07) is 12.4. The number of primary amides is 1. The minimum atomic E-state index is -1.31. The van der Waals surface area contributed by atoms with E-state index in [0.717, 1.165) is 11.0 Å². The van der Waals surface area contributed by atoms with Crippen LogP contribution in [0.5, 0.6) is 11.5 Å². The molecule has 36 heavy (non-hydrogen) atoms. The van der Waals surface area contributed by atoms with Crippen LogP contribution in [0.1, 0.15) is 34.3 Å². The van der Waals surface area contributed by atoms with Crippen LogP contribution in [-0.4, -0.2) is 42.7 Å². The Morgan fingerprint density at radius 2 is 1.86 bits per heavy atom. The number of amides is 2. The highest BCUT2D eigenvalue weighted by molar-refractivity contribution is 6.34. The number of nitrogens with zero attached hydrogens (tertiary/aromatic N) is 1. The molecule has 4 rings (SSSR count). The van der Waals surface area contributed by atoms with E-state index in [9.17, 15) is 14.7 Å². The third kappa shape index (κ3) is 3.89. The number of carbonyl (C=O) groups is 2. The number of carboxylic acid groups (broad SMARTS) is 1. The Bertz CT molecular complexity index is 1370. The summed E-state index contributed by atoms with van der Waals surface area (Å²) in [5, 5.41) is 9.16. The number of halogens is 3. The molecule has 0 unspecified atom stereocenters. The van der Waals surface area contributed by atoms with Crippen LogP contribution in [0, 0.1) is 11.6 Å². The van der Waals surface area contributed by atoms with Crippen LogP contribution in [0.25, 0.3) is 11.1 Å². The van der Waals surface area contributed by atoms with Gasteiger partial charge in [0.15, 0.2) is 17.2 Å². The summed E-state index contributed by atoms with van der Waals surface area (Å²) in [4.78, 5) is 25.1. The number of hydrogen-bond donors (Lipinski definition) is 2. The van der Waals surface area contributed by atoms with Crippen LogP contribution in [0.2, 0.25) is 5.02 Å². The molecule has 0 bridgehead atoms. The molecule has 10 heteroatoms. The Morgan fingerprint density at radius 1 is 1.19 bits per heavy atom. The number of benzene rings is 3. The first kappa shape index (κ1) is 25.2. The number of ether oxygens (including phenoxy) is 2. The summed E-state index contributed by atoms with van der Waals surface area (Å²) < 4.78 is 42.2. The number of carbonyl (C=O) groups excluding carboxylic acids is 1. The van der Waals surface area contributed by atoms with E-state index < -0.39 is 40.2 Å². The maximum atomic E-state index is 15.7. The molecule has 2 atom stereocenters. The normalized spacial score (nSPS) is 18.3. The highest BCUT2D eigenvalue weighted by Crippen LogP contribution is 2.56. The molecule has 0 saturated heterocycles. The smallest absolute Gasteiger partial charge is 0.407 e. The summed E-state index contributed by atoms with van der Waals surface area (Å²) in [7, 11) is 2.63. The van der Waals surface area contributed by atoms with Crippen molar-refractivity contribution in [1.29, 1.82) is 0 Å². The first-order chi connectivity index (χ1) is 17.0. The number of nitrogens with two attached hydrogens (primary N) is 1. The second-order valence-corrected chi connectivity index (χ2v) is 8.92. The fraction of sp³-hybridized carbons (Fsp3) is 0.231. The molecule has 1 heterocycles. The Morgan fingerprint density at radius 3 is 2.44 bits per heavy atom. The molecule has 3 aromatic rings. The maximum Gasteiger partial charge on any atom is 0.407 e. The van der Waals surface area contributed by atoms with Crippen LogP contribution in [-0.2, 0) is 5.60 Å². The number of hydrogen-bond acceptors (Lipinski definition) is 4. The van der Waals surface area contributed by atoms with Gasteiger partial charge in [0.1, 0.15) is 11.6 Å². The van der Waals surface area contributed by atoms with Crippen LogP contribution < -0.4 is 15.2 Å². The SMILES string of the molecule is COc1ccc(C(N)=O)c(-c2c(Cl)c(F)cc3c2[C@H](C)[C@@](CN(C)C(=O)O)(c2ccccc2)O3)c1F. The summed E-state index contributed by atoms with van der Waals surface area (Å²) in [6.45, 7) is 1.61. The highest BCUT2D eigenvalue weighted by Gasteiger charge is 2.51. The second kappa shape index (κ2) is 9.31. The average Bonchev–Trinajstić information content (AvgIpc) is 3.12.